The lowest BCUT2D eigenvalue weighted by Gasteiger charge is -2.40. The predicted molar refractivity (Wildman–Crippen MR) is 113 cm³/mol. The van der Waals surface area contributed by atoms with Gasteiger partial charge in [-0.1, -0.05) is 17.7 Å². The zero-order chi connectivity index (χ0) is 21.5. The minimum atomic E-state index is -3.55. The second-order valence-corrected chi connectivity index (χ2v) is 10.7. The van der Waals surface area contributed by atoms with Gasteiger partial charge in [0.2, 0.25) is 15.9 Å². The summed E-state index contributed by atoms with van der Waals surface area (Å²) in [6.07, 6.45) is 2.54. The van der Waals surface area contributed by atoms with E-state index in [1.54, 1.807) is 4.31 Å². The van der Waals surface area contributed by atoms with Gasteiger partial charge in [0.25, 0.3) is 0 Å². The van der Waals surface area contributed by atoms with Crippen LogP contribution in [0.25, 0.3) is 0 Å². The minimum absolute atomic E-state index is 0.115. The van der Waals surface area contributed by atoms with Crippen molar-refractivity contribution in [3.05, 3.63) is 28.8 Å². The SMILES string of the molecule is Cc1cc(C)c(S(=O)(=O)N2CCC(C(=O)N3CCC4(CC3)OCCO4)CC2)c(C)c1. The molecule has 0 bridgehead atoms. The van der Waals surface area contributed by atoms with E-state index >= 15 is 0 Å². The van der Waals surface area contributed by atoms with Crippen molar-refractivity contribution in [3.63, 3.8) is 0 Å². The van der Waals surface area contributed by atoms with Gasteiger partial charge in [0.15, 0.2) is 5.79 Å². The van der Waals surface area contributed by atoms with Crippen LogP contribution in [0.15, 0.2) is 17.0 Å². The van der Waals surface area contributed by atoms with Gasteiger partial charge in [-0.15, -0.1) is 0 Å². The fourth-order valence-corrected chi connectivity index (χ4v) is 7.04. The molecule has 1 amide bonds. The number of sulfonamides is 1. The van der Waals surface area contributed by atoms with E-state index in [2.05, 4.69) is 0 Å². The topological polar surface area (TPSA) is 76.2 Å². The highest BCUT2D eigenvalue weighted by Gasteiger charge is 2.42. The number of amides is 1. The van der Waals surface area contributed by atoms with Crippen molar-refractivity contribution < 1.29 is 22.7 Å². The van der Waals surface area contributed by atoms with Crippen molar-refractivity contribution in [2.45, 2.75) is 57.1 Å². The van der Waals surface area contributed by atoms with Crippen LogP contribution in [-0.4, -0.2) is 68.7 Å². The average molecular weight is 437 g/mol. The number of ether oxygens (including phenoxy) is 2. The van der Waals surface area contributed by atoms with Gasteiger partial charge in [-0.3, -0.25) is 4.79 Å². The van der Waals surface area contributed by atoms with Gasteiger partial charge in [0.05, 0.1) is 18.1 Å². The van der Waals surface area contributed by atoms with Crippen molar-refractivity contribution in [2.75, 3.05) is 39.4 Å². The molecular weight excluding hydrogens is 404 g/mol. The molecule has 3 aliphatic heterocycles. The Hall–Kier alpha value is -1.48. The maximum atomic E-state index is 13.3. The minimum Gasteiger partial charge on any atom is -0.347 e. The van der Waals surface area contributed by atoms with Crippen LogP contribution in [0.3, 0.4) is 0 Å². The van der Waals surface area contributed by atoms with Crippen LogP contribution in [-0.2, 0) is 24.3 Å². The first-order chi connectivity index (χ1) is 14.2. The molecule has 0 atom stereocenters. The van der Waals surface area contributed by atoms with Gasteiger partial charge < -0.3 is 14.4 Å². The van der Waals surface area contributed by atoms with Crippen molar-refractivity contribution in [2.24, 2.45) is 5.92 Å². The fraction of sp³-hybridized carbons (Fsp3) is 0.682. The maximum absolute atomic E-state index is 13.3. The maximum Gasteiger partial charge on any atom is 0.243 e. The number of carbonyl (C=O) groups excluding carboxylic acids is 1. The first-order valence-corrected chi connectivity index (χ1v) is 12.3. The van der Waals surface area contributed by atoms with Gasteiger partial charge in [-0.2, -0.15) is 4.31 Å². The van der Waals surface area contributed by atoms with E-state index in [4.69, 9.17) is 9.47 Å². The van der Waals surface area contributed by atoms with E-state index < -0.39 is 15.8 Å². The second kappa shape index (κ2) is 8.22. The highest BCUT2D eigenvalue weighted by Crippen LogP contribution is 2.33. The number of likely N-dealkylation sites (tertiary alicyclic amines) is 1. The molecule has 1 spiro atoms. The molecule has 0 N–H and O–H groups in total. The summed E-state index contributed by atoms with van der Waals surface area (Å²) in [5.41, 5.74) is 2.62. The Morgan fingerprint density at radius 3 is 2.03 bits per heavy atom. The molecule has 8 heteroatoms. The molecule has 0 unspecified atom stereocenters. The first kappa shape index (κ1) is 21.7. The number of hydrogen-bond acceptors (Lipinski definition) is 5. The molecule has 0 saturated carbocycles. The number of rotatable bonds is 3. The van der Waals surface area contributed by atoms with Gasteiger partial charge in [0.1, 0.15) is 0 Å². The summed E-state index contributed by atoms with van der Waals surface area (Å²) in [6, 6.07) is 3.83. The Bertz CT molecular complexity index is 882. The van der Waals surface area contributed by atoms with Crippen LogP contribution in [0, 0.1) is 26.7 Å². The van der Waals surface area contributed by atoms with E-state index in [9.17, 15) is 13.2 Å². The number of nitrogens with zero attached hydrogens (tertiary/aromatic N) is 2. The summed E-state index contributed by atoms with van der Waals surface area (Å²) in [6.45, 7) is 8.97. The summed E-state index contributed by atoms with van der Waals surface area (Å²) in [5, 5.41) is 0. The highest BCUT2D eigenvalue weighted by atomic mass is 32.2. The summed E-state index contributed by atoms with van der Waals surface area (Å²) >= 11 is 0. The van der Waals surface area contributed by atoms with Crippen LogP contribution in [0.5, 0.6) is 0 Å². The van der Waals surface area contributed by atoms with Gasteiger partial charge in [-0.05, 0) is 44.7 Å². The third-order valence-corrected chi connectivity index (χ3v) is 8.86. The molecule has 1 aromatic rings. The Balaban J connectivity index is 1.37. The van der Waals surface area contributed by atoms with Gasteiger partial charge in [-0.25, -0.2) is 8.42 Å². The molecule has 1 aromatic carbocycles. The molecule has 166 valence electrons. The Labute approximate surface area is 179 Å². The van der Waals surface area contributed by atoms with Crippen molar-refractivity contribution in [3.8, 4) is 0 Å². The van der Waals surface area contributed by atoms with E-state index in [1.807, 2.05) is 37.8 Å². The fourth-order valence-electron chi connectivity index (χ4n) is 5.16. The lowest BCUT2D eigenvalue weighted by atomic mass is 9.94. The van der Waals surface area contributed by atoms with Crippen molar-refractivity contribution >= 4 is 15.9 Å². The molecule has 4 rings (SSSR count). The molecule has 0 aliphatic carbocycles. The number of hydrogen-bond donors (Lipinski definition) is 0. The number of piperidine rings is 2. The van der Waals surface area contributed by atoms with Crippen LogP contribution in [0.1, 0.15) is 42.4 Å². The zero-order valence-corrected chi connectivity index (χ0v) is 19.0. The number of benzene rings is 1. The van der Waals surface area contributed by atoms with E-state index in [-0.39, 0.29) is 11.8 Å². The molecule has 0 radical (unpaired) electrons. The first-order valence-electron chi connectivity index (χ1n) is 10.9. The summed E-state index contributed by atoms with van der Waals surface area (Å²) in [7, 11) is -3.55. The quantitative estimate of drug-likeness (QED) is 0.727. The molecule has 3 fully saturated rings. The Morgan fingerprint density at radius 2 is 1.50 bits per heavy atom. The summed E-state index contributed by atoms with van der Waals surface area (Å²) in [4.78, 5) is 15.3. The molecule has 7 nitrogen and oxygen atoms in total. The largest absolute Gasteiger partial charge is 0.347 e. The Kier molecular flexibility index (Phi) is 5.96. The molecule has 3 aliphatic rings. The third kappa shape index (κ3) is 4.02. The molecule has 3 saturated heterocycles. The number of aryl methyl sites for hydroxylation is 3. The monoisotopic (exact) mass is 436 g/mol. The second-order valence-electron chi connectivity index (χ2n) is 8.84. The van der Waals surface area contributed by atoms with Crippen LogP contribution >= 0.6 is 0 Å². The van der Waals surface area contributed by atoms with Crippen LogP contribution < -0.4 is 0 Å². The molecule has 3 heterocycles. The average Bonchev–Trinajstić information content (AvgIpc) is 3.15. The van der Waals surface area contributed by atoms with Gasteiger partial charge in [0, 0.05) is 44.9 Å². The normalized spacial score (nSPS) is 23.2. The lowest BCUT2D eigenvalue weighted by molar-refractivity contribution is -0.188. The smallest absolute Gasteiger partial charge is 0.243 e. The molecule has 30 heavy (non-hydrogen) atoms. The van der Waals surface area contributed by atoms with E-state index in [1.165, 1.54) is 0 Å². The number of carbonyl (C=O) groups is 1. The highest BCUT2D eigenvalue weighted by molar-refractivity contribution is 7.89. The van der Waals surface area contributed by atoms with Crippen LogP contribution in [0.4, 0.5) is 0 Å². The predicted octanol–water partition coefficient (Wildman–Crippen LogP) is 2.38. The van der Waals surface area contributed by atoms with Gasteiger partial charge >= 0.3 is 0 Å². The van der Waals surface area contributed by atoms with E-state index in [0.29, 0.717) is 70.0 Å². The van der Waals surface area contributed by atoms with Crippen molar-refractivity contribution in [1.29, 1.82) is 0 Å². The molecule has 0 aromatic heterocycles. The van der Waals surface area contributed by atoms with Crippen LogP contribution in [0.2, 0.25) is 0 Å². The third-order valence-electron chi connectivity index (χ3n) is 6.66. The standard InChI is InChI=1S/C22H32N2O5S/c1-16-14-17(2)20(18(3)15-16)30(26,27)24-8-4-19(5-9-24)21(25)23-10-6-22(7-11-23)28-12-13-29-22/h14-15,19H,4-13H2,1-3H3. The zero-order valence-electron chi connectivity index (χ0n) is 18.1. The summed E-state index contributed by atoms with van der Waals surface area (Å²) < 4.78 is 39.6. The van der Waals surface area contributed by atoms with Crippen molar-refractivity contribution in [1.82, 2.24) is 9.21 Å². The Morgan fingerprint density at radius 1 is 0.967 bits per heavy atom. The summed E-state index contributed by atoms with van der Waals surface area (Å²) in [5.74, 6) is -0.462. The van der Waals surface area contributed by atoms with E-state index in [0.717, 1.165) is 16.7 Å². The molecular formula is C22H32N2O5S. The lowest BCUT2D eigenvalue weighted by Crippen LogP contribution is -2.50.